The first-order valence-corrected chi connectivity index (χ1v) is 10.0. The monoisotopic (exact) mass is 408 g/mol. The molecule has 0 aromatic heterocycles. The standard InChI is InChI=1S/C24H28N2O4/c1-15-6-7-18(14-16(15)2)22(28)20-21(17-8-10-19(27)11-9-17)26(24(30)23(20)29)13-5-12-25(3)4/h6-11,14,21,27-28H,5,12-13H2,1-4H3/b22-20-. The van der Waals surface area contributed by atoms with E-state index in [1.165, 1.54) is 17.0 Å². The Labute approximate surface area is 177 Å². The van der Waals surface area contributed by atoms with Gasteiger partial charge < -0.3 is 20.0 Å². The minimum absolute atomic E-state index is 0.0822. The van der Waals surface area contributed by atoms with Crippen molar-refractivity contribution in [3.63, 3.8) is 0 Å². The predicted molar refractivity (Wildman–Crippen MR) is 116 cm³/mol. The van der Waals surface area contributed by atoms with Crippen molar-refractivity contribution in [1.82, 2.24) is 9.80 Å². The van der Waals surface area contributed by atoms with Crippen molar-refractivity contribution in [2.24, 2.45) is 0 Å². The van der Waals surface area contributed by atoms with Gasteiger partial charge in [0.15, 0.2) is 0 Å². The molecule has 158 valence electrons. The molecular weight excluding hydrogens is 380 g/mol. The molecule has 1 unspecified atom stereocenters. The van der Waals surface area contributed by atoms with Crippen LogP contribution in [0.3, 0.4) is 0 Å². The molecule has 0 saturated carbocycles. The topological polar surface area (TPSA) is 81.1 Å². The predicted octanol–water partition coefficient (Wildman–Crippen LogP) is 3.38. The lowest BCUT2D eigenvalue weighted by atomic mass is 9.94. The Morgan fingerprint density at radius 2 is 1.70 bits per heavy atom. The third-order valence-electron chi connectivity index (χ3n) is 5.53. The van der Waals surface area contributed by atoms with Crippen LogP contribution in [0.1, 0.15) is 34.7 Å². The van der Waals surface area contributed by atoms with E-state index >= 15 is 0 Å². The van der Waals surface area contributed by atoms with Gasteiger partial charge in [-0.2, -0.15) is 0 Å². The third-order valence-corrected chi connectivity index (χ3v) is 5.53. The Balaban J connectivity index is 2.10. The quantitative estimate of drug-likeness (QED) is 0.435. The highest BCUT2D eigenvalue weighted by Gasteiger charge is 2.45. The Kier molecular flexibility index (Phi) is 6.27. The SMILES string of the molecule is Cc1ccc(/C(O)=C2/C(=O)C(=O)N(CCCN(C)C)C2c2ccc(O)cc2)cc1C. The fraction of sp³-hybridized carbons (Fsp3) is 0.333. The first kappa shape index (κ1) is 21.6. The van der Waals surface area contributed by atoms with E-state index in [1.807, 2.05) is 45.0 Å². The zero-order valence-corrected chi connectivity index (χ0v) is 17.8. The molecule has 0 spiro atoms. The number of likely N-dealkylation sites (tertiary alicyclic amines) is 1. The number of aryl methyl sites for hydroxylation is 2. The first-order valence-electron chi connectivity index (χ1n) is 10.0. The number of rotatable bonds is 6. The number of phenols is 1. The van der Waals surface area contributed by atoms with Crippen LogP contribution in [0.5, 0.6) is 5.75 Å². The summed E-state index contributed by atoms with van der Waals surface area (Å²) in [4.78, 5) is 29.4. The largest absolute Gasteiger partial charge is 0.508 e. The Morgan fingerprint density at radius 3 is 2.30 bits per heavy atom. The molecule has 6 nitrogen and oxygen atoms in total. The van der Waals surface area contributed by atoms with Crippen LogP contribution >= 0.6 is 0 Å². The van der Waals surface area contributed by atoms with E-state index in [2.05, 4.69) is 0 Å². The van der Waals surface area contributed by atoms with Gasteiger partial charge in [-0.25, -0.2) is 0 Å². The van der Waals surface area contributed by atoms with Crippen LogP contribution in [0.15, 0.2) is 48.0 Å². The summed E-state index contributed by atoms with van der Waals surface area (Å²) in [6.07, 6.45) is 0.693. The molecule has 3 rings (SSSR count). The van der Waals surface area contributed by atoms with Crippen LogP contribution in [0.25, 0.3) is 5.76 Å². The van der Waals surface area contributed by atoms with Gasteiger partial charge in [0.05, 0.1) is 11.6 Å². The summed E-state index contributed by atoms with van der Waals surface area (Å²) >= 11 is 0. The molecule has 2 N–H and O–H groups in total. The van der Waals surface area contributed by atoms with Gasteiger partial charge in [0, 0.05) is 12.1 Å². The number of Topliss-reactive ketones (excluding diaryl/α,β-unsaturated/α-hetero) is 1. The molecule has 1 aliphatic heterocycles. The maximum atomic E-state index is 13.0. The molecule has 6 heteroatoms. The van der Waals surface area contributed by atoms with E-state index in [-0.39, 0.29) is 17.1 Å². The fourth-order valence-corrected chi connectivity index (χ4v) is 3.72. The lowest BCUT2D eigenvalue weighted by molar-refractivity contribution is -0.139. The van der Waals surface area contributed by atoms with E-state index in [0.29, 0.717) is 24.1 Å². The van der Waals surface area contributed by atoms with Gasteiger partial charge in [-0.15, -0.1) is 0 Å². The molecule has 30 heavy (non-hydrogen) atoms. The van der Waals surface area contributed by atoms with Crippen molar-refractivity contribution < 1.29 is 19.8 Å². The van der Waals surface area contributed by atoms with E-state index in [1.54, 1.807) is 18.2 Å². The number of nitrogens with zero attached hydrogens (tertiary/aromatic N) is 2. The highest BCUT2D eigenvalue weighted by molar-refractivity contribution is 6.46. The molecule has 1 aliphatic rings. The third kappa shape index (κ3) is 4.24. The molecule has 1 heterocycles. The smallest absolute Gasteiger partial charge is 0.295 e. The Morgan fingerprint density at radius 1 is 1.03 bits per heavy atom. The van der Waals surface area contributed by atoms with Gasteiger partial charge in [-0.1, -0.05) is 24.3 Å². The molecule has 1 saturated heterocycles. The lowest BCUT2D eigenvalue weighted by Crippen LogP contribution is -2.32. The van der Waals surface area contributed by atoms with Crippen LogP contribution in [0.2, 0.25) is 0 Å². The van der Waals surface area contributed by atoms with E-state index in [9.17, 15) is 19.8 Å². The second-order valence-corrected chi connectivity index (χ2v) is 8.04. The van der Waals surface area contributed by atoms with Gasteiger partial charge in [-0.05, 0) is 75.8 Å². The average molecular weight is 408 g/mol. The molecule has 0 bridgehead atoms. The van der Waals surface area contributed by atoms with Gasteiger partial charge in [0.1, 0.15) is 11.5 Å². The van der Waals surface area contributed by atoms with Crippen molar-refractivity contribution in [3.05, 3.63) is 70.3 Å². The number of carbonyl (C=O) groups is 2. The number of aliphatic hydroxyl groups is 1. The van der Waals surface area contributed by atoms with Gasteiger partial charge in [0.2, 0.25) is 0 Å². The molecule has 0 aliphatic carbocycles. The van der Waals surface area contributed by atoms with Crippen LogP contribution in [-0.2, 0) is 9.59 Å². The number of ketones is 1. The van der Waals surface area contributed by atoms with Crippen LogP contribution in [0.4, 0.5) is 0 Å². The molecule has 0 radical (unpaired) electrons. The second-order valence-electron chi connectivity index (χ2n) is 8.04. The molecule has 2 aromatic carbocycles. The number of carbonyl (C=O) groups excluding carboxylic acids is 2. The Hall–Kier alpha value is -3.12. The normalized spacial score (nSPS) is 18.4. The van der Waals surface area contributed by atoms with Gasteiger partial charge in [0.25, 0.3) is 11.7 Å². The van der Waals surface area contributed by atoms with Crippen molar-refractivity contribution in [1.29, 1.82) is 0 Å². The maximum Gasteiger partial charge on any atom is 0.295 e. The number of phenolic OH excluding ortho intramolecular Hbond substituents is 1. The van der Waals surface area contributed by atoms with Crippen LogP contribution in [-0.4, -0.2) is 58.9 Å². The van der Waals surface area contributed by atoms with Crippen LogP contribution in [0, 0.1) is 13.8 Å². The number of benzene rings is 2. The number of hydrogen-bond donors (Lipinski definition) is 2. The zero-order chi connectivity index (χ0) is 22.0. The zero-order valence-electron chi connectivity index (χ0n) is 17.8. The number of aromatic hydroxyl groups is 1. The Bertz CT molecular complexity index is 993. The fourth-order valence-electron chi connectivity index (χ4n) is 3.72. The summed E-state index contributed by atoms with van der Waals surface area (Å²) in [5.41, 5.74) is 3.32. The molecular formula is C24H28N2O4. The molecule has 1 amide bonds. The van der Waals surface area contributed by atoms with E-state index in [4.69, 9.17) is 0 Å². The summed E-state index contributed by atoms with van der Waals surface area (Å²) in [6, 6.07) is 11.2. The van der Waals surface area contributed by atoms with E-state index < -0.39 is 17.7 Å². The minimum Gasteiger partial charge on any atom is -0.508 e. The summed E-state index contributed by atoms with van der Waals surface area (Å²) in [5.74, 6) is -1.38. The van der Waals surface area contributed by atoms with Crippen molar-refractivity contribution in [2.45, 2.75) is 26.3 Å². The van der Waals surface area contributed by atoms with Crippen LogP contribution < -0.4 is 0 Å². The van der Waals surface area contributed by atoms with Gasteiger partial charge in [-0.3, -0.25) is 9.59 Å². The van der Waals surface area contributed by atoms with Gasteiger partial charge >= 0.3 is 0 Å². The number of hydrogen-bond acceptors (Lipinski definition) is 5. The summed E-state index contributed by atoms with van der Waals surface area (Å²) in [7, 11) is 3.90. The summed E-state index contributed by atoms with van der Waals surface area (Å²) in [5, 5.41) is 20.7. The second kappa shape index (κ2) is 8.71. The lowest BCUT2D eigenvalue weighted by Gasteiger charge is -2.26. The van der Waals surface area contributed by atoms with Crippen molar-refractivity contribution in [2.75, 3.05) is 27.2 Å². The summed E-state index contributed by atoms with van der Waals surface area (Å²) < 4.78 is 0. The molecule has 1 atom stereocenters. The molecule has 2 aromatic rings. The average Bonchev–Trinajstić information content (AvgIpc) is 2.95. The molecule has 1 fully saturated rings. The number of amides is 1. The highest BCUT2D eigenvalue weighted by atomic mass is 16.3. The van der Waals surface area contributed by atoms with E-state index in [0.717, 1.165) is 17.7 Å². The maximum absolute atomic E-state index is 13.0. The minimum atomic E-state index is -0.700. The number of aliphatic hydroxyl groups excluding tert-OH is 1. The summed E-state index contributed by atoms with van der Waals surface area (Å²) in [6.45, 7) is 5.06. The van der Waals surface area contributed by atoms with Crippen molar-refractivity contribution >= 4 is 17.4 Å². The first-order chi connectivity index (χ1) is 14.2. The van der Waals surface area contributed by atoms with Crippen molar-refractivity contribution in [3.8, 4) is 5.75 Å². The highest BCUT2D eigenvalue weighted by Crippen LogP contribution is 2.40.